The smallest absolute Gasteiger partial charge is 0.317 e. The lowest BCUT2D eigenvalue weighted by atomic mass is 9.97. The van der Waals surface area contributed by atoms with Crippen molar-refractivity contribution in [2.45, 2.75) is 32.2 Å². The van der Waals surface area contributed by atoms with Gasteiger partial charge in [-0.05, 0) is 43.3 Å². The van der Waals surface area contributed by atoms with Crippen molar-refractivity contribution in [2.24, 2.45) is 5.92 Å². The van der Waals surface area contributed by atoms with Crippen molar-refractivity contribution >= 4 is 23.3 Å². The fourth-order valence-corrected chi connectivity index (χ4v) is 3.78. The number of carboxylic acids is 1. The lowest BCUT2D eigenvalue weighted by Crippen LogP contribution is -2.45. The molecule has 1 atom stereocenters. The van der Waals surface area contributed by atoms with Gasteiger partial charge in [0.05, 0.1) is 12.5 Å². The van der Waals surface area contributed by atoms with Crippen LogP contribution in [0.25, 0.3) is 0 Å². The van der Waals surface area contributed by atoms with Crippen LogP contribution in [0.3, 0.4) is 0 Å². The van der Waals surface area contributed by atoms with Crippen LogP contribution in [0.5, 0.6) is 0 Å². The van der Waals surface area contributed by atoms with Crippen molar-refractivity contribution in [1.29, 1.82) is 0 Å². The maximum absolute atomic E-state index is 12.2. The molecule has 0 aromatic carbocycles. The molecule has 1 aromatic rings. The number of carbonyl (C=O) groups is 2. The molecule has 0 aliphatic carbocycles. The van der Waals surface area contributed by atoms with Crippen LogP contribution in [0.4, 0.5) is 4.79 Å². The molecule has 1 unspecified atom stereocenters. The van der Waals surface area contributed by atoms with Gasteiger partial charge in [-0.25, -0.2) is 4.79 Å². The zero-order chi connectivity index (χ0) is 17.5. The molecule has 1 aliphatic rings. The quantitative estimate of drug-likeness (QED) is 0.790. The van der Waals surface area contributed by atoms with Crippen LogP contribution >= 0.6 is 11.3 Å². The van der Waals surface area contributed by atoms with Gasteiger partial charge in [0.15, 0.2) is 0 Å². The first-order valence-electron chi connectivity index (χ1n) is 8.45. The van der Waals surface area contributed by atoms with Gasteiger partial charge in [-0.1, -0.05) is 13.0 Å². The molecule has 2 heterocycles. The Bertz CT molecular complexity index is 527. The highest BCUT2D eigenvalue weighted by Gasteiger charge is 2.26. The van der Waals surface area contributed by atoms with Gasteiger partial charge in [0.1, 0.15) is 0 Å². The summed E-state index contributed by atoms with van der Waals surface area (Å²) in [6.07, 6.45) is 2.34. The van der Waals surface area contributed by atoms with Crippen LogP contribution in [-0.4, -0.2) is 60.1 Å². The van der Waals surface area contributed by atoms with E-state index in [1.807, 2.05) is 6.07 Å². The Hall–Kier alpha value is -1.60. The topological polar surface area (TPSA) is 72.9 Å². The molecule has 7 heteroatoms. The van der Waals surface area contributed by atoms with Crippen LogP contribution < -0.4 is 5.32 Å². The molecule has 1 aromatic heterocycles. The normalized spacial score (nSPS) is 17.4. The molecule has 1 aliphatic heterocycles. The lowest BCUT2D eigenvalue weighted by molar-refractivity contribution is -0.137. The lowest BCUT2D eigenvalue weighted by Gasteiger charge is -2.36. The molecule has 2 N–H and O–H groups in total. The van der Waals surface area contributed by atoms with Crippen molar-refractivity contribution in [3.63, 3.8) is 0 Å². The number of carbonyl (C=O) groups excluding carboxylic acids is 1. The Morgan fingerprint density at radius 2 is 2.17 bits per heavy atom. The summed E-state index contributed by atoms with van der Waals surface area (Å²) in [4.78, 5) is 27.9. The van der Waals surface area contributed by atoms with Gasteiger partial charge in [0.25, 0.3) is 0 Å². The summed E-state index contributed by atoms with van der Waals surface area (Å²) in [5.74, 6) is -0.129. The number of aliphatic carboxylic acids is 1. The Balaban J connectivity index is 1.91. The van der Waals surface area contributed by atoms with Gasteiger partial charge >= 0.3 is 12.0 Å². The van der Waals surface area contributed by atoms with E-state index >= 15 is 0 Å². The first-order chi connectivity index (χ1) is 11.5. The molecule has 2 rings (SSSR count). The largest absolute Gasteiger partial charge is 0.481 e. The maximum Gasteiger partial charge on any atom is 0.317 e. The molecule has 0 bridgehead atoms. The van der Waals surface area contributed by atoms with E-state index in [4.69, 9.17) is 5.11 Å². The number of likely N-dealkylation sites (tertiary alicyclic amines) is 1. The second kappa shape index (κ2) is 9.03. The summed E-state index contributed by atoms with van der Waals surface area (Å²) in [6.45, 7) is 5.15. The van der Waals surface area contributed by atoms with Crippen LogP contribution in [0.1, 0.15) is 37.1 Å². The summed E-state index contributed by atoms with van der Waals surface area (Å²) < 4.78 is 0. The fraction of sp³-hybridized carbons (Fsp3) is 0.647. The van der Waals surface area contributed by atoms with Crippen LogP contribution in [0, 0.1) is 5.92 Å². The number of rotatable bonds is 7. The van der Waals surface area contributed by atoms with E-state index in [2.05, 4.69) is 28.6 Å². The molecule has 1 saturated heterocycles. The van der Waals surface area contributed by atoms with E-state index in [9.17, 15) is 9.59 Å². The van der Waals surface area contributed by atoms with Gasteiger partial charge in [0.2, 0.25) is 0 Å². The van der Waals surface area contributed by atoms with Crippen molar-refractivity contribution < 1.29 is 14.7 Å². The summed E-state index contributed by atoms with van der Waals surface area (Å²) in [7, 11) is 1.63. The van der Waals surface area contributed by atoms with Crippen molar-refractivity contribution in [1.82, 2.24) is 15.1 Å². The summed E-state index contributed by atoms with van der Waals surface area (Å²) in [5.41, 5.74) is 0. The molecule has 134 valence electrons. The number of hydrogen-bond acceptors (Lipinski definition) is 4. The number of carboxylic acid groups (broad SMARTS) is 1. The highest BCUT2D eigenvalue weighted by molar-refractivity contribution is 7.10. The second-order valence-corrected chi connectivity index (χ2v) is 7.48. The van der Waals surface area contributed by atoms with E-state index in [0.29, 0.717) is 6.54 Å². The number of nitrogens with zero attached hydrogens (tertiary/aromatic N) is 2. The molecule has 0 radical (unpaired) electrons. The number of nitrogens with one attached hydrogen (secondary N) is 1. The van der Waals surface area contributed by atoms with Gasteiger partial charge < -0.3 is 15.3 Å². The van der Waals surface area contributed by atoms with E-state index in [1.165, 1.54) is 22.6 Å². The molecule has 2 amide bonds. The molecule has 1 fully saturated rings. The SMILES string of the molecule is CC1CCN(C(CNC(=O)N(C)CCC(=O)O)c2cccs2)CC1. The highest BCUT2D eigenvalue weighted by atomic mass is 32.1. The number of urea groups is 1. The Kier molecular flexibility index (Phi) is 7.05. The molecule has 0 saturated carbocycles. The monoisotopic (exact) mass is 353 g/mol. The fourth-order valence-electron chi connectivity index (χ4n) is 2.91. The van der Waals surface area contributed by atoms with Crippen LogP contribution in [-0.2, 0) is 4.79 Å². The molecular formula is C17H27N3O3S. The predicted octanol–water partition coefficient (Wildman–Crippen LogP) is 2.64. The van der Waals surface area contributed by atoms with Gasteiger partial charge in [-0.3, -0.25) is 9.69 Å². The minimum absolute atomic E-state index is 0.0394. The highest BCUT2D eigenvalue weighted by Crippen LogP contribution is 2.29. The van der Waals surface area contributed by atoms with E-state index < -0.39 is 5.97 Å². The number of amides is 2. The van der Waals surface area contributed by atoms with Gasteiger partial charge in [-0.15, -0.1) is 11.3 Å². The van der Waals surface area contributed by atoms with Crippen molar-refractivity contribution in [3.8, 4) is 0 Å². The average Bonchev–Trinajstić information content (AvgIpc) is 3.08. The first kappa shape index (κ1) is 18.7. The Labute approximate surface area is 147 Å². The Morgan fingerprint density at radius 3 is 2.75 bits per heavy atom. The van der Waals surface area contributed by atoms with Crippen LogP contribution in [0.15, 0.2) is 17.5 Å². The number of thiophene rings is 1. The van der Waals surface area contributed by atoms with Crippen molar-refractivity contribution in [2.75, 3.05) is 33.2 Å². The zero-order valence-corrected chi connectivity index (χ0v) is 15.2. The molecule has 6 nitrogen and oxygen atoms in total. The zero-order valence-electron chi connectivity index (χ0n) is 14.4. The minimum atomic E-state index is -0.895. The van der Waals surface area contributed by atoms with E-state index in [0.717, 1.165) is 19.0 Å². The standard InChI is InChI=1S/C17H27N3O3S/c1-13-5-9-20(10-6-13)14(15-4-3-11-24-15)12-18-17(23)19(2)8-7-16(21)22/h3-4,11,13-14H,5-10,12H2,1-2H3,(H,18,23)(H,21,22). The average molecular weight is 353 g/mol. The third-order valence-corrected chi connectivity index (χ3v) is 5.56. The third kappa shape index (κ3) is 5.49. The summed E-state index contributed by atoms with van der Waals surface area (Å²) in [5, 5.41) is 13.7. The Morgan fingerprint density at radius 1 is 1.46 bits per heavy atom. The molecule has 24 heavy (non-hydrogen) atoms. The number of hydrogen-bond donors (Lipinski definition) is 2. The molecule has 0 spiro atoms. The number of piperidine rings is 1. The maximum atomic E-state index is 12.2. The summed E-state index contributed by atoms with van der Waals surface area (Å²) in [6, 6.07) is 4.13. The first-order valence-corrected chi connectivity index (χ1v) is 9.33. The minimum Gasteiger partial charge on any atom is -0.481 e. The van der Waals surface area contributed by atoms with Gasteiger partial charge in [-0.2, -0.15) is 0 Å². The predicted molar refractivity (Wildman–Crippen MR) is 95.3 cm³/mol. The third-order valence-electron chi connectivity index (χ3n) is 4.59. The van der Waals surface area contributed by atoms with E-state index in [-0.39, 0.29) is 25.0 Å². The molecular weight excluding hydrogens is 326 g/mol. The van der Waals surface area contributed by atoms with E-state index in [1.54, 1.807) is 18.4 Å². The summed E-state index contributed by atoms with van der Waals surface area (Å²) >= 11 is 1.72. The van der Waals surface area contributed by atoms with Crippen molar-refractivity contribution in [3.05, 3.63) is 22.4 Å². The second-order valence-electron chi connectivity index (χ2n) is 6.50. The van der Waals surface area contributed by atoms with Gasteiger partial charge in [0, 0.05) is 25.0 Å². The van der Waals surface area contributed by atoms with Crippen LogP contribution in [0.2, 0.25) is 0 Å².